The van der Waals surface area contributed by atoms with Gasteiger partial charge in [-0.15, -0.1) is 0 Å². The SMILES string of the molecule is CCNC(CCOCC)CCC1CCCO1. The Kier molecular flexibility index (Phi) is 7.81. The highest BCUT2D eigenvalue weighted by Crippen LogP contribution is 2.18. The molecule has 1 N–H and O–H groups in total. The van der Waals surface area contributed by atoms with E-state index in [-0.39, 0.29) is 0 Å². The molecule has 0 radical (unpaired) electrons. The van der Waals surface area contributed by atoms with Crippen molar-refractivity contribution >= 4 is 0 Å². The maximum absolute atomic E-state index is 5.65. The van der Waals surface area contributed by atoms with E-state index in [2.05, 4.69) is 19.2 Å². The van der Waals surface area contributed by atoms with Crippen LogP contribution in [0.25, 0.3) is 0 Å². The van der Waals surface area contributed by atoms with Crippen LogP contribution >= 0.6 is 0 Å². The van der Waals surface area contributed by atoms with Crippen LogP contribution in [0.3, 0.4) is 0 Å². The summed E-state index contributed by atoms with van der Waals surface area (Å²) in [6.45, 7) is 7.93. The zero-order valence-corrected chi connectivity index (χ0v) is 10.8. The van der Waals surface area contributed by atoms with Gasteiger partial charge in [-0.3, -0.25) is 0 Å². The van der Waals surface area contributed by atoms with Gasteiger partial charge < -0.3 is 14.8 Å². The smallest absolute Gasteiger partial charge is 0.0576 e. The van der Waals surface area contributed by atoms with Crippen LogP contribution in [0.5, 0.6) is 0 Å². The minimum absolute atomic E-state index is 0.522. The van der Waals surface area contributed by atoms with Crippen molar-refractivity contribution in [3.05, 3.63) is 0 Å². The van der Waals surface area contributed by atoms with Crippen molar-refractivity contribution in [2.45, 2.75) is 58.1 Å². The molecular weight excluding hydrogens is 202 g/mol. The van der Waals surface area contributed by atoms with Gasteiger partial charge in [0, 0.05) is 25.9 Å². The molecule has 0 amide bonds. The van der Waals surface area contributed by atoms with Gasteiger partial charge in [0.15, 0.2) is 0 Å². The highest BCUT2D eigenvalue weighted by atomic mass is 16.5. The van der Waals surface area contributed by atoms with Crippen LogP contribution in [0.15, 0.2) is 0 Å². The Morgan fingerprint density at radius 3 is 2.88 bits per heavy atom. The standard InChI is InChI=1S/C13H27NO2/c1-3-14-12(9-11-15-4-2)7-8-13-6-5-10-16-13/h12-14H,3-11H2,1-2H3. The van der Waals surface area contributed by atoms with Crippen LogP contribution in [0, 0.1) is 0 Å². The fourth-order valence-corrected chi connectivity index (χ4v) is 2.27. The Morgan fingerprint density at radius 1 is 1.38 bits per heavy atom. The first kappa shape index (κ1) is 13.9. The van der Waals surface area contributed by atoms with E-state index in [0.717, 1.165) is 32.8 Å². The molecule has 0 saturated carbocycles. The van der Waals surface area contributed by atoms with Crippen LogP contribution in [0.4, 0.5) is 0 Å². The molecule has 0 aliphatic carbocycles. The summed E-state index contributed by atoms with van der Waals surface area (Å²) in [5.74, 6) is 0. The number of ether oxygens (including phenoxy) is 2. The van der Waals surface area contributed by atoms with Crippen molar-refractivity contribution < 1.29 is 9.47 Å². The second-order valence-electron chi connectivity index (χ2n) is 4.45. The Bertz CT molecular complexity index is 158. The van der Waals surface area contributed by atoms with E-state index in [4.69, 9.17) is 9.47 Å². The maximum atomic E-state index is 5.65. The summed E-state index contributed by atoms with van der Waals surface area (Å²) in [5, 5.41) is 3.53. The molecule has 0 spiro atoms. The lowest BCUT2D eigenvalue weighted by molar-refractivity contribution is 0.0953. The van der Waals surface area contributed by atoms with E-state index in [9.17, 15) is 0 Å². The molecule has 1 rings (SSSR count). The molecule has 0 aromatic heterocycles. The Hall–Kier alpha value is -0.120. The van der Waals surface area contributed by atoms with E-state index >= 15 is 0 Å². The molecule has 2 unspecified atom stereocenters. The van der Waals surface area contributed by atoms with Crippen molar-refractivity contribution in [1.82, 2.24) is 5.32 Å². The number of nitrogens with one attached hydrogen (secondary N) is 1. The van der Waals surface area contributed by atoms with Crippen molar-refractivity contribution in [1.29, 1.82) is 0 Å². The third-order valence-electron chi connectivity index (χ3n) is 3.17. The first-order valence-electron chi connectivity index (χ1n) is 6.79. The summed E-state index contributed by atoms with van der Waals surface area (Å²) < 4.78 is 11.1. The lowest BCUT2D eigenvalue weighted by Crippen LogP contribution is -2.31. The Labute approximate surface area is 99.9 Å². The molecule has 0 bridgehead atoms. The maximum Gasteiger partial charge on any atom is 0.0576 e. The van der Waals surface area contributed by atoms with E-state index in [1.165, 1.54) is 25.7 Å². The van der Waals surface area contributed by atoms with Crippen molar-refractivity contribution in [3.63, 3.8) is 0 Å². The summed E-state index contributed by atoms with van der Waals surface area (Å²) in [6.07, 6.45) is 6.55. The normalized spacial score (nSPS) is 22.5. The van der Waals surface area contributed by atoms with Gasteiger partial charge in [0.25, 0.3) is 0 Å². The Morgan fingerprint density at radius 2 is 2.25 bits per heavy atom. The number of hydrogen-bond acceptors (Lipinski definition) is 3. The van der Waals surface area contributed by atoms with Gasteiger partial charge in [0.2, 0.25) is 0 Å². The molecule has 1 aliphatic rings. The first-order valence-corrected chi connectivity index (χ1v) is 6.79. The monoisotopic (exact) mass is 229 g/mol. The highest BCUT2D eigenvalue weighted by molar-refractivity contribution is 4.71. The molecule has 0 aromatic rings. The first-order chi connectivity index (χ1) is 7.86. The molecule has 16 heavy (non-hydrogen) atoms. The van der Waals surface area contributed by atoms with E-state index in [0.29, 0.717) is 12.1 Å². The second-order valence-corrected chi connectivity index (χ2v) is 4.45. The minimum atomic E-state index is 0.522. The predicted octanol–water partition coefficient (Wildman–Crippen LogP) is 2.35. The number of hydrogen-bond donors (Lipinski definition) is 1. The minimum Gasteiger partial charge on any atom is -0.382 e. The molecule has 0 aromatic carbocycles. The summed E-state index contributed by atoms with van der Waals surface area (Å²) in [7, 11) is 0. The summed E-state index contributed by atoms with van der Waals surface area (Å²) in [5.41, 5.74) is 0. The molecule has 1 fully saturated rings. The van der Waals surface area contributed by atoms with Crippen LogP contribution in [0.2, 0.25) is 0 Å². The average Bonchev–Trinajstić information content (AvgIpc) is 2.79. The predicted molar refractivity (Wildman–Crippen MR) is 66.8 cm³/mol. The van der Waals surface area contributed by atoms with Gasteiger partial charge in [-0.05, 0) is 45.6 Å². The van der Waals surface area contributed by atoms with Crippen LogP contribution in [-0.4, -0.2) is 38.5 Å². The van der Waals surface area contributed by atoms with Gasteiger partial charge >= 0.3 is 0 Å². The number of rotatable bonds is 9. The van der Waals surface area contributed by atoms with Crippen molar-refractivity contribution in [2.75, 3.05) is 26.4 Å². The molecule has 1 aliphatic heterocycles. The van der Waals surface area contributed by atoms with Crippen LogP contribution < -0.4 is 5.32 Å². The highest BCUT2D eigenvalue weighted by Gasteiger charge is 2.17. The van der Waals surface area contributed by atoms with Gasteiger partial charge in [0.1, 0.15) is 0 Å². The van der Waals surface area contributed by atoms with Crippen molar-refractivity contribution in [2.24, 2.45) is 0 Å². The lowest BCUT2D eigenvalue weighted by atomic mass is 10.0. The zero-order chi connectivity index (χ0) is 11.6. The molecule has 1 saturated heterocycles. The average molecular weight is 229 g/mol. The Balaban J connectivity index is 2.10. The van der Waals surface area contributed by atoms with Gasteiger partial charge in [-0.25, -0.2) is 0 Å². The molecule has 3 nitrogen and oxygen atoms in total. The van der Waals surface area contributed by atoms with E-state index in [1.54, 1.807) is 0 Å². The molecule has 1 heterocycles. The third kappa shape index (κ3) is 5.83. The van der Waals surface area contributed by atoms with E-state index in [1.807, 2.05) is 0 Å². The second kappa shape index (κ2) is 8.97. The van der Waals surface area contributed by atoms with E-state index < -0.39 is 0 Å². The quantitative estimate of drug-likeness (QED) is 0.616. The third-order valence-corrected chi connectivity index (χ3v) is 3.17. The largest absolute Gasteiger partial charge is 0.382 e. The fraction of sp³-hybridized carbons (Fsp3) is 1.00. The van der Waals surface area contributed by atoms with Gasteiger partial charge in [0.05, 0.1) is 6.10 Å². The summed E-state index contributed by atoms with van der Waals surface area (Å²) >= 11 is 0. The topological polar surface area (TPSA) is 30.5 Å². The lowest BCUT2D eigenvalue weighted by Gasteiger charge is -2.19. The van der Waals surface area contributed by atoms with Crippen LogP contribution in [0.1, 0.15) is 46.0 Å². The summed E-state index contributed by atoms with van der Waals surface area (Å²) in [4.78, 5) is 0. The fourth-order valence-electron chi connectivity index (χ4n) is 2.27. The molecule has 3 heteroatoms. The van der Waals surface area contributed by atoms with Crippen molar-refractivity contribution in [3.8, 4) is 0 Å². The zero-order valence-electron chi connectivity index (χ0n) is 10.8. The van der Waals surface area contributed by atoms with Gasteiger partial charge in [-0.1, -0.05) is 6.92 Å². The summed E-state index contributed by atoms with van der Waals surface area (Å²) in [6, 6.07) is 0.598. The molecule has 96 valence electrons. The van der Waals surface area contributed by atoms with Gasteiger partial charge in [-0.2, -0.15) is 0 Å². The van der Waals surface area contributed by atoms with Crippen LogP contribution in [-0.2, 0) is 9.47 Å². The molecule has 2 atom stereocenters. The molecular formula is C13H27NO2.